The van der Waals surface area contributed by atoms with Crippen LogP contribution in [0.5, 0.6) is 0 Å². The molecule has 92 valence electrons. The highest BCUT2D eigenvalue weighted by Crippen LogP contribution is 2.30. The number of hydrogen-bond donors (Lipinski definition) is 0. The molecule has 1 saturated heterocycles. The van der Waals surface area contributed by atoms with Gasteiger partial charge in [0.25, 0.3) is 0 Å². The van der Waals surface area contributed by atoms with Crippen LogP contribution >= 0.6 is 34.2 Å². The van der Waals surface area contributed by atoms with Gasteiger partial charge in [0.05, 0.1) is 0 Å². The van der Waals surface area contributed by atoms with Gasteiger partial charge in [-0.25, -0.2) is 0 Å². The molecule has 0 aromatic heterocycles. The van der Waals surface area contributed by atoms with Crippen LogP contribution in [0.25, 0.3) is 0 Å². The Morgan fingerprint density at radius 3 is 2.88 bits per heavy atom. The molecule has 1 aliphatic heterocycles. The molecule has 17 heavy (non-hydrogen) atoms. The molecular formula is C13H15ClINO. The number of halogens is 2. The summed E-state index contributed by atoms with van der Waals surface area (Å²) in [7, 11) is 0. The minimum absolute atomic E-state index is 0.201. The van der Waals surface area contributed by atoms with E-state index in [-0.39, 0.29) is 5.91 Å². The fraction of sp³-hybridized carbons (Fsp3) is 0.462. The normalized spacial score (nSPS) is 20.1. The molecule has 2 nitrogen and oxygen atoms in total. The number of alkyl halides is 1. The number of carbonyl (C=O) groups is 1. The van der Waals surface area contributed by atoms with Gasteiger partial charge in [-0.1, -0.05) is 6.92 Å². The molecule has 0 saturated carbocycles. The first-order valence-corrected chi connectivity index (χ1v) is 7.41. The summed E-state index contributed by atoms with van der Waals surface area (Å²) < 4.78 is 1.21. The first kappa shape index (κ1) is 13.1. The molecule has 1 aliphatic rings. The van der Waals surface area contributed by atoms with E-state index in [1.165, 1.54) is 9.13 Å². The SMILES string of the molecule is CCc1cc(I)ccc1N1CC(CCl)CC1=O. The molecular weight excluding hydrogens is 349 g/mol. The average molecular weight is 364 g/mol. The van der Waals surface area contributed by atoms with Gasteiger partial charge in [-0.3, -0.25) is 4.79 Å². The Morgan fingerprint density at radius 2 is 2.29 bits per heavy atom. The molecule has 1 atom stereocenters. The number of carbonyl (C=O) groups excluding carboxylic acids is 1. The lowest BCUT2D eigenvalue weighted by molar-refractivity contribution is -0.117. The van der Waals surface area contributed by atoms with Gasteiger partial charge >= 0.3 is 0 Å². The quantitative estimate of drug-likeness (QED) is 0.595. The van der Waals surface area contributed by atoms with Crippen LogP contribution in [0.2, 0.25) is 0 Å². The van der Waals surface area contributed by atoms with Crippen molar-refractivity contribution in [3.63, 3.8) is 0 Å². The summed E-state index contributed by atoms with van der Waals surface area (Å²) >= 11 is 8.15. The molecule has 0 bridgehead atoms. The van der Waals surface area contributed by atoms with Gasteiger partial charge in [-0.2, -0.15) is 0 Å². The molecule has 0 radical (unpaired) electrons. The Bertz CT molecular complexity index is 435. The van der Waals surface area contributed by atoms with Crippen LogP contribution in [0.15, 0.2) is 18.2 Å². The second kappa shape index (κ2) is 5.57. The lowest BCUT2D eigenvalue weighted by Crippen LogP contribution is -2.25. The van der Waals surface area contributed by atoms with Gasteiger partial charge in [0.15, 0.2) is 0 Å². The third-order valence-electron chi connectivity index (χ3n) is 3.14. The zero-order valence-electron chi connectivity index (χ0n) is 9.75. The fourth-order valence-electron chi connectivity index (χ4n) is 2.22. The Morgan fingerprint density at radius 1 is 1.53 bits per heavy atom. The molecule has 1 fully saturated rings. The largest absolute Gasteiger partial charge is 0.312 e. The monoisotopic (exact) mass is 363 g/mol. The fourth-order valence-corrected chi connectivity index (χ4v) is 2.98. The molecule has 0 spiro atoms. The van der Waals surface area contributed by atoms with E-state index in [4.69, 9.17) is 11.6 Å². The van der Waals surface area contributed by atoms with Crippen molar-refractivity contribution in [3.8, 4) is 0 Å². The lowest BCUT2D eigenvalue weighted by Gasteiger charge is -2.20. The summed E-state index contributed by atoms with van der Waals surface area (Å²) in [6.45, 7) is 2.88. The van der Waals surface area contributed by atoms with E-state index in [2.05, 4.69) is 47.7 Å². The summed E-state index contributed by atoms with van der Waals surface area (Å²) in [6.07, 6.45) is 1.53. The number of benzene rings is 1. The van der Waals surface area contributed by atoms with Crippen LogP contribution in [0.3, 0.4) is 0 Å². The van der Waals surface area contributed by atoms with Crippen molar-refractivity contribution in [2.75, 3.05) is 17.3 Å². The predicted octanol–water partition coefficient (Wildman–Crippen LogP) is 3.45. The summed E-state index contributed by atoms with van der Waals surface area (Å²) in [5.41, 5.74) is 2.30. The van der Waals surface area contributed by atoms with Gasteiger partial charge in [0.1, 0.15) is 0 Å². The van der Waals surface area contributed by atoms with Crippen LogP contribution < -0.4 is 4.90 Å². The maximum Gasteiger partial charge on any atom is 0.227 e. The maximum absolute atomic E-state index is 12.0. The second-order valence-electron chi connectivity index (χ2n) is 4.36. The van der Waals surface area contributed by atoms with Crippen LogP contribution in [0.4, 0.5) is 5.69 Å². The van der Waals surface area contributed by atoms with Crippen molar-refractivity contribution in [1.82, 2.24) is 0 Å². The van der Waals surface area contributed by atoms with E-state index < -0.39 is 0 Å². The minimum atomic E-state index is 0.201. The zero-order valence-corrected chi connectivity index (χ0v) is 12.7. The van der Waals surface area contributed by atoms with Crippen LogP contribution in [-0.2, 0) is 11.2 Å². The van der Waals surface area contributed by atoms with Gasteiger partial charge in [0, 0.05) is 28.1 Å². The number of nitrogens with zero attached hydrogens (tertiary/aromatic N) is 1. The number of hydrogen-bond acceptors (Lipinski definition) is 1. The van der Waals surface area contributed by atoms with E-state index in [1.54, 1.807) is 0 Å². The molecule has 1 heterocycles. The van der Waals surface area contributed by atoms with E-state index >= 15 is 0 Å². The Balaban J connectivity index is 2.31. The molecule has 1 aromatic carbocycles. The first-order valence-electron chi connectivity index (χ1n) is 5.80. The van der Waals surface area contributed by atoms with E-state index in [0.717, 1.165) is 18.7 Å². The van der Waals surface area contributed by atoms with Crippen LogP contribution in [0, 0.1) is 9.49 Å². The highest BCUT2D eigenvalue weighted by Gasteiger charge is 2.30. The Kier molecular flexibility index (Phi) is 4.31. The molecule has 1 amide bonds. The number of amides is 1. The molecule has 1 aromatic rings. The van der Waals surface area contributed by atoms with Crippen molar-refractivity contribution in [3.05, 3.63) is 27.3 Å². The van der Waals surface area contributed by atoms with E-state index in [1.807, 2.05) is 4.90 Å². The van der Waals surface area contributed by atoms with Crippen LogP contribution in [-0.4, -0.2) is 18.3 Å². The third-order valence-corrected chi connectivity index (χ3v) is 4.24. The van der Waals surface area contributed by atoms with Gasteiger partial charge in [-0.15, -0.1) is 11.6 Å². The highest BCUT2D eigenvalue weighted by atomic mass is 127. The topological polar surface area (TPSA) is 20.3 Å². The van der Waals surface area contributed by atoms with E-state index in [9.17, 15) is 4.79 Å². The van der Waals surface area contributed by atoms with Crippen molar-refractivity contribution in [1.29, 1.82) is 0 Å². The lowest BCUT2D eigenvalue weighted by atomic mass is 10.1. The first-order chi connectivity index (χ1) is 8.15. The average Bonchev–Trinajstić information content (AvgIpc) is 2.70. The van der Waals surface area contributed by atoms with Gasteiger partial charge in [-0.05, 0) is 58.7 Å². The summed E-state index contributed by atoms with van der Waals surface area (Å²) in [5.74, 6) is 1.06. The zero-order chi connectivity index (χ0) is 12.4. The molecule has 2 rings (SSSR count). The van der Waals surface area contributed by atoms with Crippen molar-refractivity contribution < 1.29 is 4.79 Å². The second-order valence-corrected chi connectivity index (χ2v) is 5.91. The Hall–Kier alpha value is -0.290. The smallest absolute Gasteiger partial charge is 0.227 e. The molecule has 4 heteroatoms. The molecule has 0 N–H and O–H groups in total. The standard InChI is InChI=1S/C13H15ClINO/c1-2-10-6-11(15)3-4-12(10)16-8-9(7-14)5-13(16)17/h3-4,6,9H,2,5,7-8H2,1H3. The minimum Gasteiger partial charge on any atom is -0.312 e. The third kappa shape index (κ3) is 2.76. The van der Waals surface area contributed by atoms with Crippen molar-refractivity contribution in [2.24, 2.45) is 5.92 Å². The molecule has 1 unspecified atom stereocenters. The van der Waals surface area contributed by atoms with Crippen molar-refractivity contribution >= 4 is 45.8 Å². The number of anilines is 1. The van der Waals surface area contributed by atoms with E-state index in [0.29, 0.717) is 18.2 Å². The van der Waals surface area contributed by atoms with Gasteiger partial charge < -0.3 is 4.90 Å². The van der Waals surface area contributed by atoms with Crippen LogP contribution in [0.1, 0.15) is 18.9 Å². The summed E-state index contributed by atoms with van der Waals surface area (Å²) in [4.78, 5) is 13.9. The summed E-state index contributed by atoms with van der Waals surface area (Å²) in [5, 5.41) is 0. The maximum atomic E-state index is 12.0. The van der Waals surface area contributed by atoms with Crippen molar-refractivity contribution in [2.45, 2.75) is 19.8 Å². The Labute approximate surface area is 120 Å². The summed E-state index contributed by atoms with van der Waals surface area (Å²) in [6, 6.07) is 6.25. The van der Waals surface area contributed by atoms with Gasteiger partial charge in [0.2, 0.25) is 5.91 Å². The number of aryl methyl sites for hydroxylation is 1. The number of rotatable bonds is 3. The predicted molar refractivity (Wildman–Crippen MR) is 79.7 cm³/mol. The molecule has 0 aliphatic carbocycles. The highest BCUT2D eigenvalue weighted by molar-refractivity contribution is 14.1.